The van der Waals surface area contributed by atoms with Gasteiger partial charge in [-0.15, -0.1) is 0 Å². The molecule has 0 bridgehead atoms. The standard InChI is InChI=1S/C12H18N2O5/c1-19-10-5-3-2-4-9(10)13-11(18)14-12(6-15,7-16)8-17/h2-5,15-17H,6-8H2,1H3,(H2,13,14,18). The van der Waals surface area contributed by atoms with Gasteiger partial charge in [0.15, 0.2) is 0 Å². The van der Waals surface area contributed by atoms with Crippen LogP contribution in [0.15, 0.2) is 24.3 Å². The largest absolute Gasteiger partial charge is 0.495 e. The summed E-state index contributed by atoms with van der Waals surface area (Å²) in [6.07, 6.45) is 0. The Morgan fingerprint density at radius 1 is 1.21 bits per heavy atom. The van der Waals surface area contributed by atoms with Crippen LogP contribution in [-0.4, -0.2) is 53.8 Å². The Kier molecular flexibility index (Phi) is 5.56. The van der Waals surface area contributed by atoms with Crippen LogP contribution in [0.1, 0.15) is 0 Å². The van der Waals surface area contributed by atoms with Crippen LogP contribution < -0.4 is 15.4 Å². The van der Waals surface area contributed by atoms with Gasteiger partial charge in [-0.1, -0.05) is 12.1 Å². The normalized spacial score (nSPS) is 10.9. The maximum Gasteiger partial charge on any atom is 0.320 e. The van der Waals surface area contributed by atoms with Crippen LogP contribution in [0.5, 0.6) is 5.75 Å². The molecule has 0 saturated heterocycles. The molecule has 106 valence electrons. The summed E-state index contributed by atoms with van der Waals surface area (Å²) < 4.78 is 5.06. The molecule has 0 spiro atoms. The molecule has 0 unspecified atom stereocenters. The molecule has 1 aromatic carbocycles. The van der Waals surface area contributed by atoms with Crippen molar-refractivity contribution in [2.24, 2.45) is 0 Å². The molecule has 0 aliphatic carbocycles. The molecule has 0 atom stereocenters. The number of hydrogen-bond donors (Lipinski definition) is 5. The van der Waals surface area contributed by atoms with Crippen LogP contribution in [0.3, 0.4) is 0 Å². The molecule has 0 fully saturated rings. The van der Waals surface area contributed by atoms with Crippen LogP contribution in [0.4, 0.5) is 10.5 Å². The van der Waals surface area contributed by atoms with E-state index in [2.05, 4.69) is 10.6 Å². The minimum atomic E-state index is -1.47. The van der Waals surface area contributed by atoms with Crippen molar-refractivity contribution in [2.75, 3.05) is 32.2 Å². The summed E-state index contributed by atoms with van der Waals surface area (Å²) >= 11 is 0. The van der Waals surface area contributed by atoms with Crippen molar-refractivity contribution >= 4 is 11.7 Å². The lowest BCUT2D eigenvalue weighted by molar-refractivity contribution is 0.0507. The van der Waals surface area contributed by atoms with Crippen molar-refractivity contribution in [3.05, 3.63) is 24.3 Å². The fraction of sp³-hybridized carbons (Fsp3) is 0.417. The Morgan fingerprint density at radius 2 is 1.79 bits per heavy atom. The second-order valence-electron chi connectivity index (χ2n) is 4.03. The summed E-state index contributed by atoms with van der Waals surface area (Å²) in [4.78, 5) is 11.8. The number of methoxy groups -OCH3 is 1. The maximum absolute atomic E-state index is 11.8. The zero-order chi connectivity index (χ0) is 14.3. The summed E-state index contributed by atoms with van der Waals surface area (Å²) in [5, 5.41) is 32.2. The minimum Gasteiger partial charge on any atom is -0.495 e. The van der Waals surface area contributed by atoms with Gasteiger partial charge < -0.3 is 30.7 Å². The molecule has 0 saturated carbocycles. The van der Waals surface area contributed by atoms with E-state index in [4.69, 9.17) is 20.1 Å². The van der Waals surface area contributed by atoms with Gasteiger partial charge >= 0.3 is 6.03 Å². The smallest absolute Gasteiger partial charge is 0.320 e. The Morgan fingerprint density at radius 3 is 2.32 bits per heavy atom. The van der Waals surface area contributed by atoms with Crippen molar-refractivity contribution in [3.8, 4) is 5.75 Å². The summed E-state index contributed by atoms with van der Waals surface area (Å²) in [6, 6.07) is 6.11. The van der Waals surface area contributed by atoms with Crippen LogP contribution in [0.2, 0.25) is 0 Å². The highest BCUT2D eigenvalue weighted by Crippen LogP contribution is 2.22. The van der Waals surface area contributed by atoms with E-state index in [1.807, 2.05) is 0 Å². The minimum absolute atomic E-state index is 0.435. The summed E-state index contributed by atoms with van der Waals surface area (Å²) in [6.45, 7) is -1.75. The van der Waals surface area contributed by atoms with Crippen molar-refractivity contribution < 1.29 is 24.9 Å². The average Bonchev–Trinajstić information content (AvgIpc) is 2.45. The van der Waals surface area contributed by atoms with Gasteiger partial charge in [0, 0.05) is 0 Å². The Bertz CT molecular complexity index is 412. The molecule has 7 heteroatoms. The average molecular weight is 270 g/mol. The van der Waals surface area contributed by atoms with E-state index in [9.17, 15) is 4.79 Å². The Hall–Kier alpha value is -1.83. The SMILES string of the molecule is COc1ccccc1NC(=O)NC(CO)(CO)CO. The van der Waals surface area contributed by atoms with Crippen molar-refractivity contribution in [1.29, 1.82) is 0 Å². The molecule has 5 N–H and O–H groups in total. The van der Waals surface area contributed by atoms with E-state index >= 15 is 0 Å². The summed E-state index contributed by atoms with van der Waals surface area (Å²) in [5.41, 5.74) is -1.03. The lowest BCUT2D eigenvalue weighted by Crippen LogP contribution is -2.58. The predicted molar refractivity (Wildman–Crippen MR) is 69.1 cm³/mol. The number of amides is 2. The van der Waals surface area contributed by atoms with E-state index in [-0.39, 0.29) is 0 Å². The number of carbonyl (C=O) groups excluding carboxylic acids is 1. The molecule has 19 heavy (non-hydrogen) atoms. The molecule has 0 aliphatic heterocycles. The molecule has 1 rings (SSSR count). The first kappa shape index (κ1) is 15.2. The molecule has 0 heterocycles. The third-order valence-electron chi connectivity index (χ3n) is 2.64. The lowest BCUT2D eigenvalue weighted by Gasteiger charge is -2.28. The molecule has 0 aliphatic rings. The summed E-state index contributed by atoms with van der Waals surface area (Å²) in [5.74, 6) is 0.472. The van der Waals surface area contributed by atoms with Gasteiger partial charge in [-0.2, -0.15) is 0 Å². The topological polar surface area (TPSA) is 111 Å². The number of aliphatic hydroxyl groups excluding tert-OH is 3. The number of anilines is 1. The highest BCUT2D eigenvalue weighted by atomic mass is 16.5. The van der Waals surface area contributed by atoms with Gasteiger partial charge in [-0.25, -0.2) is 4.79 Å². The number of nitrogens with one attached hydrogen (secondary N) is 2. The molecule has 2 amide bonds. The first-order chi connectivity index (χ1) is 9.10. The zero-order valence-corrected chi connectivity index (χ0v) is 10.6. The van der Waals surface area contributed by atoms with Crippen LogP contribution in [-0.2, 0) is 0 Å². The Labute approximate surface area is 110 Å². The zero-order valence-electron chi connectivity index (χ0n) is 10.6. The van der Waals surface area contributed by atoms with Crippen molar-refractivity contribution in [3.63, 3.8) is 0 Å². The number of carbonyl (C=O) groups is 1. The van der Waals surface area contributed by atoms with Gasteiger partial charge in [0.05, 0.1) is 32.6 Å². The van der Waals surface area contributed by atoms with E-state index in [1.54, 1.807) is 24.3 Å². The fourth-order valence-electron chi connectivity index (χ4n) is 1.41. The number of hydrogen-bond acceptors (Lipinski definition) is 5. The Balaban J connectivity index is 2.74. The number of benzene rings is 1. The molecular formula is C12H18N2O5. The fourth-order valence-corrected chi connectivity index (χ4v) is 1.41. The maximum atomic E-state index is 11.8. The van der Waals surface area contributed by atoms with Crippen LogP contribution in [0.25, 0.3) is 0 Å². The van der Waals surface area contributed by atoms with Crippen LogP contribution in [0, 0.1) is 0 Å². The second-order valence-corrected chi connectivity index (χ2v) is 4.03. The van der Waals surface area contributed by atoms with Crippen LogP contribution >= 0.6 is 0 Å². The lowest BCUT2D eigenvalue weighted by atomic mass is 10.0. The van der Waals surface area contributed by atoms with Gasteiger partial charge in [-0.05, 0) is 12.1 Å². The van der Waals surface area contributed by atoms with E-state index < -0.39 is 31.4 Å². The highest BCUT2D eigenvalue weighted by Gasteiger charge is 2.30. The van der Waals surface area contributed by atoms with Gasteiger partial charge in [-0.3, -0.25) is 0 Å². The molecule has 0 aromatic heterocycles. The van der Waals surface area contributed by atoms with Gasteiger partial charge in [0.2, 0.25) is 0 Å². The number of rotatable bonds is 6. The highest BCUT2D eigenvalue weighted by molar-refractivity contribution is 5.91. The second kappa shape index (κ2) is 6.93. The number of urea groups is 1. The number of aliphatic hydroxyl groups is 3. The third kappa shape index (κ3) is 3.82. The molecule has 7 nitrogen and oxygen atoms in total. The third-order valence-corrected chi connectivity index (χ3v) is 2.64. The van der Waals surface area contributed by atoms with E-state index in [1.165, 1.54) is 7.11 Å². The molecular weight excluding hydrogens is 252 g/mol. The number of ether oxygens (including phenoxy) is 1. The van der Waals surface area contributed by atoms with E-state index in [0.29, 0.717) is 11.4 Å². The molecule has 0 radical (unpaired) electrons. The first-order valence-corrected chi connectivity index (χ1v) is 5.65. The van der Waals surface area contributed by atoms with E-state index in [0.717, 1.165) is 0 Å². The van der Waals surface area contributed by atoms with Gasteiger partial charge in [0.25, 0.3) is 0 Å². The summed E-state index contributed by atoms with van der Waals surface area (Å²) in [7, 11) is 1.47. The van der Waals surface area contributed by atoms with Crippen molar-refractivity contribution in [1.82, 2.24) is 5.32 Å². The van der Waals surface area contributed by atoms with Gasteiger partial charge in [0.1, 0.15) is 11.3 Å². The first-order valence-electron chi connectivity index (χ1n) is 5.65. The monoisotopic (exact) mass is 270 g/mol. The quantitative estimate of drug-likeness (QED) is 0.480. The predicted octanol–water partition coefficient (Wildman–Crippen LogP) is -0.468. The molecule has 1 aromatic rings. The van der Waals surface area contributed by atoms with Crippen molar-refractivity contribution in [2.45, 2.75) is 5.54 Å². The number of para-hydroxylation sites is 2.